The van der Waals surface area contributed by atoms with Crippen molar-refractivity contribution in [1.29, 1.82) is 0 Å². The fourth-order valence-electron chi connectivity index (χ4n) is 3.49. The first kappa shape index (κ1) is 19.8. The third-order valence-electron chi connectivity index (χ3n) is 5.06. The van der Waals surface area contributed by atoms with Crippen LogP contribution in [0.1, 0.15) is 12.8 Å². The Labute approximate surface area is 175 Å². The number of amidine groups is 1. The predicted octanol–water partition coefficient (Wildman–Crippen LogP) is 3.89. The zero-order chi connectivity index (χ0) is 20.8. The lowest BCUT2D eigenvalue weighted by molar-refractivity contribution is 0.174. The number of urea groups is 1. The van der Waals surface area contributed by atoms with E-state index < -0.39 is 6.04 Å². The molecule has 2 N–H and O–H groups in total. The van der Waals surface area contributed by atoms with Gasteiger partial charge in [0.15, 0.2) is 0 Å². The minimum Gasteiger partial charge on any atom is -0.457 e. The summed E-state index contributed by atoms with van der Waals surface area (Å²) in [6.07, 6.45) is 7.49. The molecule has 0 radical (unpaired) electrons. The van der Waals surface area contributed by atoms with Crippen molar-refractivity contribution >= 4 is 23.8 Å². The molecule has 2 aliphatic heterocycles. The third kappa shape index (κ3) is 4.75. The van der Waals surface area contributed by atoms with Gasteiger partial charge >= 0.3 is 6.03 Å². The van der Waals surface area contributed by atoms with E-state index in [0.29, 0.717) is 29.7 Å². The summed E-state index contributed by atoms with van der Waals surface area (Å²) in [5.74, 6) is 2.25. The molecule has 4 rings (SSSR count). The van der Waals surface area contributed by atoms with Crippen LogP contribution in [0, 0.1) is 5.92 Å². The summed E-state index contributed by atoms with van der Waals surface area (Å²) >= 11 is 0. The lowest BCUT2D eigenvalue weighted by atomic mass is 10.1. The van der Waals surface area contributed by atoms with Crippen molar-refractivity contribution in [3.8, 4) is 11.5 Å². The van der Waals surface area contributed by atoms with Gasteiger partial charge in [0.2, 0.25) is 0 Å². The van der Waals surface area contributed by atoms with Crippen LogP contribution >= 0.6 is 0 Å². The molecule has 0 aromatic heterocycles. The molecule has 2 aromatic carbocycles. The number of rotatable bonds is 8. The van der Waals surface area contributed by atoms with Crippen LogP contribution in [0.5, 0.6) is 11.5 Å². The number of nitrogens with one attached hydrogen (secondary N) is 1. The number of aliphatic hydroxyl groups excluding tert-OH is 1. The van der Waals surface area contributed by atoms with E-state index in [1.54, 1.807) is 11.1 Å². The van der Waals surface area contributed by atoms with Gasteiger partial charge in [-0.05, 0) is 49.2 Å². The Morgan fingerprint density at radius 2 is 1.87 bits per heavy atom. The Morgan fingerprint density at radius 3 is 2.57 bits per heavy atom. The monoisotopic (exact) mass is 404 g/mol. The van der Waals surface area contributed by atoms with Crippen LogP contribution in [0.4, 0.5) is 10.5 Å². The lowest BCUT2D eigenvalue weighted by Gasteiger charge is -2.21. The highest BCUT2D eigenvalue weighted by molar-refractivity contribution is 6.08. The Balaban J connectivity index is 1.39. The van der Waals surface area contributed by atoms with Gasteiger partial charge in [0.25, 0.3) is 0 Å². The second-order valence-electron chi connectivity index (χ2n) is 7.17. The van der Waals surface area contributed by atoms with Gasteiger partial charge in [0, 0.05) is 24.9 Å². The summed E-state index contributed by atoms with van der Waals surface area (Å²) in [5.41, 5.74) is 0.679. The van der Waals surface area contributed by atoms with Crippen molar-refractivity contribution in [3.05, 3.63) is 66.9 Å². The minimum atomic E-state index is -0.467. The number of ether oxygens (including phenoxy) is 1. The summed E-state index contributed by atoms with van der Waals surface area (Å²) in [5, 5.41) is 12.6. The molecule has 7 heteroatoms. The van der Waals surface area contributed by atoms with E-state index in [1.165, 1.54) is 0 Å². The first-order valence-electron chi connectivity index (χ1n) is 10.0. The maximum atomic E-state index is 12.4. The van der Waals surface area contributed by atoms with Crippen LogP contribution in [0.2, 0.25) is 0 Å². The molecule has 1 saturated heterocycles. The van der Waals surface area contributed by atoms with Crippen molar-refractivity contribution in [2.45, 2.75) is 18.9 Å². The van der Waals surface area contributed by atoms with Gasteiger partial charge in [0.1, 0.15) is 23.4 Å². The number of benzene rings is 2. The highest BCUT2D eigenvalue weighted by Gasteiger charge is 2.35. The molecule has 0 spiro atoms. The van der Waals surface area contributed by atoms with Crippen molar-refractivity contribution in [2.24, 2.45) is 15.9 Å². The van der Waals surface area contributed by atoms with Gasteiger partial charge in [-0.15, -0.1) is 0 Å². The summed E-state index contributed by atoms with van der Waals surface area (Å²) in [6, 6.07) is 16.1. The van der Waals surface area contributed by atoms with E-state index >= 15 is 0 Å². The Bertz CT molecular complexity index is 942. The summed E-state index contributed by atoms with van der Waals surface area (Å²) in [6.45, 7) is 0.371. The molecule has 2 atom stereocenters. The van der Waals surface area contributed by atoms with E-state index in [4.69, 9.17) is 4.74 Å². The number of para-hydroxylation sites is 1. The number of hydrogen-bond acceptors (Lipinski definition) is 5. The van der Waals surface area contributed by atoms with Crippen molar-refractivity contribution in [3.63, 3.8) is 0 Å². The van der Waals surface area contributed by atoms with E-state index in [-0.39, 0.29) is 12.6 Å². The second-order valence-corrected chi connectivity index (χ2v) is 7.17. The molecule has 0 bridgehead atoms. The summed E-state index contributed by atoms with van der Waals surface area (Å²) in [4.78, 5) is 22.7. The fourth-order valence-corrected chi connectivity index (χ4v) is 3.49. The Hall–Kier alpha value is -3.45. The van der Waals surface area contributed by atoms with Crippen LogP contribution in [0.25, 0.3) is 0 Å². The zero-order valence-corrected chi connectivity index (χ0v) is 16.5. The molecule has 154 valence electrons. The standard InChI is InChI=1S/C23H24N4O3/c28-16-21-22(26-23(29)27(21)14-4-5-17-12-13-24-15-17)25-18-8-10-20(11-9-18)30-19-6-2-1-3-7-19/h1-3,6-13,15,17,21,28H,4-5,14,16H2,(H,25,26,29). The number of carbonyl (C=O) groups is 1. The molecular formula is C23H24N4O3. The highest BCUT2D eigenvalue weighted by atomic mass is 16.5. The molecule has 2 aliphatic rings. The van der Waals surface area contributed by atoms with E-state index in [0.717, 1.165) is 18.6 Å². The second kappa shape index (κ2) is 9.37. The van der Waals surface area contributed by atoms with E-state index in [9.17, 15) is 9.90 Å². The van der Waals surface area contributed by atoms with Gasteiger partial charge in [-0.25, -0.2) is 9.79 Å². The quantitative estimate of drug-likeness (QED) is 0.700. The zero-order valence-electron chi connectivity index (χ0n) is 16.5. The number of carbonyl (C=O) groups excluding carboxylic acids is 1. The molecule has 2 aromatic rings. The minimum absolute atomic E-state index is 0.183. The largest absolute Gasteiger partial charge is 0.457 e. The number of aliphatic imine (C=N–C) groups is 2. The van der Waals surface area contributed by atoms with Gasteiger partial charge in [0.05, 0.1) is 12.3 Å². The van der Waals surface area contributed by atoms with Gasteiger partial charge in [-0.3, -0.25) is 10.3 Å². The molecule has 1 fully saturated rings. The normalized spacial score (nSPS) is 21.4. The van der Waals surface area contributed by atoms with E-state index in [2.05, 4.69) is 15.3 Å². The molecular weight excluding hydrogens is 380 g/mol. The van der Waals surface area contributed by atoms with Gasteiger partial charge in [-0.2, -0.15) is 0 Å². The van der Waals surface area contributed by atoms with Crippen molar-refractivity contribution in [1.82, 2.24) is 10.2 Å². The maximum absolute atomic E-state index is 12.4. The Kier molecular flexibility index (Phi) is 6.20. The average molecular weight is 404 g/mol. The van der Waals surface area contributed by atoms with Crippen molar-refractivity contribution in [2.75, 3.05) is 13.2 Å². The smallest absolute Gasteiger partial charge is 0.323 e. The van der Waals surface area contributed by atoms with Crippen LogP contribution in [-0.2, 0) is 0 Å². The number of hydrogen-bond donors (Lipinski definition) is 2. The molecule has 2 heterocycles. The lowest BCUT2D eigenvalue weighted by Crippen LogP contribution is -2.38. The summed E-state index contributed by atoms with van der Waals surface area (Å²) < 4.78 is 5.79. The molecule has 0 aliphatic carbocycles. The number of nitrogens with zero attached hydrogens (tertiary/aromatic N) is 3. The van der Waals surface area contributed by atoms with Crippen molar-refractivity contribution < 1.29 is 14.6 Å². The van der Waals surface area contributed by atoms with Crippen LogP contribution in [0.3, 0.4) is 0 Å². The molecule has 0 saturated carbocycles. The van der Waals surface area contributed by atoms with Crippen LogP contribution in [0.15, 0.2) is 76.9 Å². The molecule has 2 unspecified atom stereocenters. The van der Waals surface area contributed by atoms with E-state index in [1.807, 2.05) is 66.9 Å². The topological polar surface area (TPSA) is 86.5 Å². The molecule has 7 nitrogen and oxygen atoms in total. The van der Waals surface area contributed by atoms with Gasteiger partial charge < -0.3 is 14.7 Å². The molecule has 30 heavy (non-hydrogen) atoms. The predicted molar refractivity (Wildman–Crippen MR) is 117 cm³/mol. The first-order valence-corrected chi connectivity index (χ1v) is 10.0. The highest BCUT2D eigenvalue weighted by Crippen LogP contribution is 2.25. The molecule has 2 amide bonds. The van der Waals surface area contributed by atoms with Gasteiger partial charge in [-0.1, -0.05) is 24.3 Å². The average Bonchev–Trinajstić information content (AvgIpc) is 3.38. The number of aliphatic hydroxyl groups is 1. The fraction of sp³-hybridized carbons (Fsp3) is 0.261. The summed E-state index contributed by atoms with van der Waals surface area (Å²) in [7, 11) is 0. The number of amides is 2. The maximum Gasteiger partial charge on any atom is 0.323 e. The first-order chi connectivity index (χ1) is 14.7. The van der Waals surface area contributed by atoms with Crippen LogP contribution < -0.4 is 10.1 Å². The third-order valence-corrected chi connectivity index (χ3v) is 5.06. The van der Waals surface area contributed by atoms with Crippen LogP contribution in [-0.4, -0.2) is 47.3 Å². The number of allylic oxidation sites excluding steroid dienone is 1. The SMILES string of the molecule is O=C1NC(=Nc2ccc(Oc3ccccc3)cc2)C(CO)N1CCCC1C=CN=C1. The Morgan fingerprint density at radius 1 is 1.10 bits per heavy atom.